The van der Waals surface area contributed by atoms with E-state index in [9.17, 15) is 13.6 Å². The van der Waals surface area contributed by atoms with Crippen molar-refractivity contribution in [3.8, 4) is 0 Å². The summed E-state index contributed by atoms with van der Waals surface area (Å²) in [5, 5.41) is 0. The summed E-state index contributed by atoms with van der Waals surface area (Å²) in [6, 6.07) is 5.19. The van der Waals surface area contributed by atoms with Crippen LogP contribution in [0.4, 0.5) is 8.78 Å². The summed E-state index contributed by atoms with van der Waals surface area (Å²) in [5.74, 6) is -3.08. The predicted molar refractivity (Wildman–Crippen MR) is 70.3 cm³/mol. The van der Waals surface area contributed by atoms with Crippen molar-refractivity contribution >= 4 is 21.9 Å². The Morgan fingerprint density at radius 2 is 2.26 bits per heavy atom. The van der Waals surface area contributed by atoms with Gasteiger partial charge in [-0.25, -0.2) is 13.6 Å². The van der Waals surface area contributed by atoms with Crippen LogP contribution >= 0.6 is 15.9 Å². The van der Waals surface area contributed by atoms with Gasteiger partial charge in [0, 0.05) is 24.0 Å². The molecule has 1 aromatic rings. The molecule has 1 aliphatic heterocycles. The van der Waals surface area contributed by atoms with Gasteiger partial charge in [0.2, 0.25) is 0 Å². The molecular formula is C13H14BrF2NO2. The number of hydrogen-bond acceptors (Lipinski definition) is 3. The van der Waals surface area contributed by atoms with E-state index >= 15 is 0 Å². The lowest BCUT2D eigenvalue weighted by Crippen LogP contribution is -2.25. The van der Waals surface area contributed by atoms with E-state index < -0.39 is 11.9 Å². The summed E-state index contributed by atoms with van der Waals surface area (Å²) >= 11 is 3.28. The van der Waals surface area contributed by atoms with Crippen LogP contribution in [0.25, 0.3) is 0 Å². The Morgan fingerprint density at radius 3 is 2.84 bits per heavy atom. The molecule has 6 heteroatoms. The SMILES string of the molecule is COC(=O)c1cc(Br)ccc1CN1CCC(F)(F)C1. The van der Waals surface area contributed by atoms with Crippen LogP contribution in [0.2, 0.25) is 0 Å². The van der Waals surface area contributed by atoms with Crippen molar-refractivity contribution in [3.63, 3.8) is 0 Å². The second-order valence-corrected chi connectivity index (χ2v) is 5.53. The van der Waals surface area contributed by atoms with Gasteiger partial charge in [0.25, 0.3) is 5.92 Å². The molecule has 1 fully saturated rings. The van der Waals surface area contributed by atoms with Crippen LogP contribution in [0.1, 0.15) is 22.3 Å². The molecule has 0 N–H and O–H groups in total. The topological polar surface area (TPSA) is 29.5 Å². The lowest BCUT2D eigenvalue weighted by Gasteiger charge is -2.17. The van der Waals surface area contributed by atoms with Crippen LogP contribution in [0.15, 0.2) is 22.7 Å². The molecule has 0 unspecified atom stereocenters. The number of nitrogens with zero attached hydrogens (tertiary/aromatic N) is 1. The Balaban J connectivity index is 2.18. The zero-order valence-electron chi connectivity index (χ0n) is 10.5. The van der Waals surface area contributed by atoms with Crippen molar-refractivity contribution < 1.29 is 18.3 Å². The highest BCUT2D eigenvalue weighted by Gasteiger charge is 2.38. The Morgan fingerprint density at radius 1 is 1.53 bits per heavy atom. The van der Waals surface area contributed by atoms with Gasteiger partial charge in [0.1, 0.15) is 0 Å². The molecule has 1 heterocycles. The maximum absolute atomic E-state index is 13.1. The molecular weight excluding hydrogens is 320 g/mol. The fourth-order valence-electron chi connectivity index (χ4n) is 2.17. The number of methoxy groups -OCH3 is 1. The molecule has 0 saturated carbocycles. The number of likely N-dealkylation sites (tertiary alicyclic amines) is 1. The Labute approximate surface area is 118 Å². The molecule has 0 amide bonds. The Bertz CT molecular complexity index is 494. The van der Waals surface area contributed by atoms with Crippen LogP contribution < -0.4 is 0 Å². The van der Waals surface area contributed by atoms with E-state index in [1.807, 2.05) is 0 Å². The normalized spacial score (nSPS) is 18.5. The first kappa shape index (κ1) is 14.4. The molecule has 19 heavy (non-hydrogen) atoms. The maximum Gasteiger partial charge on any atom is 0.338 e. The van der Waals surface area contributed by atoms with Crippen molar-refractivity contribution in [3.05, 3.63) is 33.8 Å². The summed E-state index contributed by atoms with van der Waals surface area (Å²) in [5.41, 5.74) is 1.11. The summed E-state index contributed by atoms with van der Waals surface area (Å²) in [6.45, 7) is 0.403. The van der Waals surface area contributed by atoms with Crippen molar-refractivity contribution in [2.24, 2.45) is 0 Å². The third-order valence-electron chi connectivity index (χ3n) is 3.12. The van der Waals surface area contributed by atoms with Gasteiger partial charge in [-0.1, -0.05) is 22.0 Å². The largest absolute Gasteiger partial charge is 0.465 e. The molecule has 0 radical (unpaired) electrons. The molecule has 1 aliphatic rings. The average molecular weight is 334 g/mol. The first-order chi connectivity index (χ1) is 8.91. The van der Waals surface area contributed by atoms with E-state index in [0.29, 0.717) is 24.2 Å². The number of esters is 1. The molecule has 2 rings (SSSR count). The summed E-state index contributed by atoms with van der Waals surface area (Å²) in [7, 11) is 1.30. The predicted octanol–water partition coefficient (Wildman–Crippen LogP) is 3.08. The van der Waals surface area contributed by atoms with E-state index in [4.69, 9.17) is 4.74 Å². The van der Waals surface area contributed by atoms with Crippen LogP contribution in [-0.2, 0) is 11.3 Å². The van der Waals surface area contributed by atoms with Crippen LogP contribution in [0, 0.1) is 0 Å². The third kappa shape index (κ3) is 3.51. The number of hydrogen-bond donors (Lipinski definition) is 0. The highest BCUT2D eigenvalue weighted by molar-refractivity contribution is 9.10. The molecule has 1 aromatic carbocycles. The quantitative estimate of drug-likeness (QED) is 0.796. The van der Waals surface area contributed by atoms with Crippen molar-refractivity contribution in [1.29, 1.82) is 0 Å². The number of halogens is 3. The average Bonchev–Trinajstić information content (AvgIpc) is 2.70. The smallest absolute Gasteiger partial charge is 0.338 e. The van der Waals surface area contributed by atoms with Gasteiger partial charge in [-0.15, -0.1) is 0 Å². The van der Waals surface area contributed by atoms with Gasteiger partial charge in [0.15, 0.2) is 0 Å². The Kier molecular flexibility index (Phi) is 4.20. The van der Waals surface area contributed by atoms with E-state index in [1.165, 1.54) is 7.11 Å². The number of alkyl halides is 2. The lowest BCUT2D eigenvalue weighted by atomic mass is 10.1. The van der Waals surface area contributed by atoms with E-state index in [-0.39, 0.29) is 13.0 Å². The van der Waals surface area contributed by atoms with E-state index in [0.717, 1.165) is 4.47 Å². The first-order valence-electron chi connectivity index (χ1n) is 5.88. The Hall–Kier alpha value is -1.01. The monoisotopic (exact) mass is 333 g/mol. The van der Waals surface area contributed by atoms with Crippen LogP contribution in [0.3, 0.4) is 0 Å². The van der Waals surface area contributed by atoms with Crippen molar-refractivity contribution in [2.45, 2.75) is 18.9 Å². The standard InChI is InChI=1S/C13H14BrF2NO2/c1-19-12(18)11-6-10(14)3-2-9(11)7-17-5-4-13(15,16)8-17/h2-3,6H,4-5,7-8H2,1H3. The number of carbonyl (C=O) groups is 1. The van der Waals surface area contributed by atoms with Gasteiger partial charge in [-0.2, -0.15) is 0 Å². The minimum atomic E-state index is -2.62. The zero-order valence-corrected chi connectivity index (χ0v) is 12.0. The zero-order chi connectivity index (χ0) is 14.0. The maximum atomic E-state index is 13.1. The number of rotatable bonds is 3. The summed E-state index contributed by atoms with van der Waals surface area (Å²) in [6.07, 6.45) is -0.128. The third-order valence-corrected chi connectivity index (χ3v) is 3.61. The van der Waals surface area contributed by atoms with Crippen molar-refractivity contribution in [2.75, 3.05) is 20.2 Å². The lowest BCUT2D eigenvalue weighted by molar-refractivity contribution is 0.0115. The first-order valence-corrected chi connectivity index (χ1v) is 6.67. The molecule has 3 nitrogen and oxygen atoms in total. The highest BCUT2D eigenvalue weighted by atomic mass is 79.9. The van der Waals surface area contributed by atoms with E-state index in [1.54, 1.807) is 23.1 Å². The second-order valence-electron chi connectivity index (χ2n) is 4.61. The molecule has 0 aromatic heterocycles. The number of ether oxygens (including phenoxy) is 1. The molecule has 1 saturated heterocycles. The van der Waals surface area contributed by atoms with Gasteiger partial charge in [0.05, 0.1) is 19.2 Å². The summed E-state index contributed by atoms with van der Waals surface area (Å²) < 4.78 is 31.8. The van der Waals surface area contributed by atoms with Gasteiger partial charge in [-0.05, 0) is 17.7 Å². The van der Waals surface area contributed by atoms with Crippen LogP contribution in [0.5, 0.6) is 0 Å². The minimum absolute atomic E-state index is 0.128. The van der Waals surface area contributed by atoms with Gasteiger partial charge in [-0.3, -0.25) is 4.90 Å². The molecule has 0 spiro atoms. The molecule has 0 bridgehead atoms. The molecule has 0 aliphatic carbocycles. The fourth-order valence-corrected chi connectivity index (χ4v) is 2.53. The van der Waals surface area contributed by atoms with E-state index in [2.05, 4.69) is 15.9 Å². The number of benzene rings is 1. The minimum Gasteiger partial charge on any atom is -0.465 e. The fraction of sp³-hybridized carbons (Fsp3) is 0.462. The highest BCUT2D eigenvalue weighted by Crippen LogP contribution is 2.29. The van der Waals surface area contributed by atoms with Gasteiger partial charge >= 0.3 is 5.97 Å². The second kappa shape index (κ2) is 5.54. The molecule has 0 atom stereocenters. The van der Waals surface area contributed by atoms with Gasteiger partial charge < -0.3 is 4.74 Å². The van der Waals surface area contributed by atoms with Crippen molar-refractivity contribution in [1.82, 2.24) is 4.90 Å². The summed E-state index contributed by atoms with van der Waals surface area (Å²) in [4.78, 5) is 13.3. The number of carbonyl (C=O) groups excluding carboxylic acids is 1. The molecule has 104 valence electrons. The van der Waals surface area contributed by atoms with Crippen LogP contribution in [-0.4, -0.2) is 37.0 Å².